The minimum atomic E-state index is -0.417. The van der Waals surface area contributed by atoms with Gasteiger partial charge in [0.1, 0.15) is 0 Å². The van der Waals surface area contributed by atoms with E-state index in [1.165, 1.54) is 19.4 Å². The third kappa shape index (κ3) is 4.02. The van der Waals surface area contributed by atoms with Crippen LogP contribution in [0.5, 0.6) is 11.5 Å². The highest BCUT2D eigenvalue weighted by molar-refractivity contribution is 6.34. The zero-order valence-electron chi connectivity index (χ0n) is 15.7. The maximum atomic E-state index is 12.4. The van der Waals surface area contributed by atoms with E-state index < -0.39 is 5.91 Å². The number of nitrogens with one attached hydrogen (secondary N) is 1. The Morgan fingerprint density at radius 1 is 1.14 bits per heavy atom. The predicted octanol–water partition coefficient (Wildman–Crippen LogP) is 4.23. The lowest BCUT2D eigenvalue weighted by atomic mass is 10.2. The molecule has 3 aromatic rings. The highest BCUT2D eigenvalue weighted by Gasteiger charge is 2.12. The number of aryl methyl sites for hydroxylation is 2. The fourth-order valence-electron chi connectivity index (χ4n) is 2.90. The summed E-state index contributed by atoms with van der Waals surface area (Å²) >= 11 is 6.33. The van der Waals surface area contributed by atoms with Crippen LogP contribution in [0.2, 0.25) is 5.02 Å². The molecule has 2 aromatic carbocycles. The first-order chi connectivity index (χ1) is 13.4. The number of methoxy groups -OCH3 is 1. The van der Waals surface area contributed by atoms with Crippen molar-refractivity contribution in [1.82, 2.24) is 9.99 Å². The summed E-state index contributed by atoms with van der Waals surface area (Å²) in [6.07, 6.45) is 1.45. The first-order valence-electron chi connectivity index (χ1n) is 8.56. The normalized spacial score (nSPS) is 11.0. The number of carbonyl (C=O) groups is 1. The maximum Gasteiger partial charge on any atom is 0.272 e. The van der Waals surface area contributed by atoms with E-state index in [-0.39, 0.29) is 5.75 Å². The summed E-state index contributed by atoms with van der Waals surface area (Å²) in [7, 11) is 1.46. The molecule has 0 atom stereocenters. The molecule has 28 heavy (non-hydrogen) atoms. The Hall–Kier alpha value is -3.25. The molecule has 1 amide bonds. The van der Waals surface area contributed by atoms with Crippen molar-refractivity contribution in [3.63, 3.8) is 0 Å². The molecule has 0 aliphatic carbocycles. The highest BCUT2D eigenvalue weighted by atomic mass is 35.5. The van der Waals surface area contributed by atoms with Gasteiger partial charge in [-0.15, -0.1) is 0 Å². The van der Waals surface area contributed by atoms with Gasteiger partial charge in [0.25, 0.3) is 5.91 Å². The summed E-state index contributed by atoms with van der Waals surface area (Å²) in [4.78, 5) is 12.4. The SMILES string of the molecule is COc1cc(/C=N\NC(=O)c2ccc(-n3c(C)ccc3C)cc2Cl)ccc1O. The van der Waals surface area contributed by atoms with Crippen molar-refractivity contribution >= 4 is 23.7 Å². The summed E-state index contributed by atoms with van der Waals surface area (Å²) in [6.45, 7) is 4.02. The molecule has 0 radical (unpaired) electrons. The summed E-state index contributed by atoms with van der Waals surface area (Å²) in [5, 5.41) is 13.9. The van der Waals surface area contributed by atoms with Gasteiger partial charge in [-0.3, -0.25) is 4.79 Å². The summed E-state index contributed by atoms with van der Waals surface area (Å²) in [6, 6.07) is 14.1. The third-order valence-corrected chi connectivity index (χ3v) is 4.62. The molecule has 6 nitrogen and oxygen atoms in total. The van der Waals surface area contributed by atoms with Gasteiger partial charge in [-0.25, -0.2) is 5.43 Å². The van der Waals surface area contributed by atoms with Crippen LogP contribution in [0.4, 0.5) is 0 Å². The molecule has 2 N–H and O–H groups in total. The van der Waals surface area contributed by atoms with Crippen molar-refractivity contribution in [3.8, 4) is 17.2 Å². The Balaban J connectivity index is 1.74. The molecule has 3 rings (SSSR count). The molecule has 0 bridgehead atoms. The van der Waals surface area contributed by atoms with E-state index >= 15 is 0 Å². The smallest absolute Gasteiger partial charge is 0.272 e. The van der Waals surface area contributed by atoms with Gasteiger partial charge >= 0.3 is 0 Å². The number of aromatic nitrogens is 1. The Morgan fingerprint density at radius 3 is 2.50 bits per heavy atom. The number of hydrazone groups is 1. The van der Waals surface area contributed by atoms with Crippen molar-refractivity contribution in [3.05, 3.63) is 76.1 Å². The monoisotopic (exact) mass is 397 g/mol. The second-order valence-electron chi connectivity index (χ2n) is 6.25. The number of benzene rings is 2. The van der Waals surface area contributed by atoms with Crippen molar-refractivity contribution in [2.75, 3.05) is 7.11 Å². The number of rotatable bonds is 5. The number of hydrogen-bond donors (Lipinski definition) is 2. The van der Waals surface area contributed by atoms with E-state index in [2.05, 4.69) is 15.1 Å². The van der Waals surface area contributed by atoms with Gasteiger partial charge in [0.2, 0.25) is 0 Å². The molecule has 0 spiro atoms. The first kappa shape index (κ1) is 19.5. The number of carbonyl (C=O) groups excluding carboxylic acids is 1. The van der Waals surface area contributed by atoms with Crippen LogP contribution in [-0.4, -0.2) is 28.9 Å². The molecule has 1 aromatic heterocycles. The fraction of sp³-hybridized carbons (Fsp3) is 0.143. The van der Waals surface area contributed by atoms with Crippen LogP contribution in [-0.2, 0) is 0 Å². The maximum absolute atomic E-state index is 12.4. The largest absolute Gasteiger partial charge is 0.504 e. The standard InChI is InChI=1S/C21H20ClN3O3/c1-13-4-5-14(2)25(13)16-7-8-17(18(22)11-16)21(27)24-23-12-15-6-9-19(26)20(10-15)28-3/h4-12,26H,1-3H3,(H,24,27)/b23-12-. The van der Waals surface area contributed by atoms with Gasteiger partial charge in [0, 0.05) is 17.1 Å². The van der Waals surface area contributed by atoms with E-state index in [9.17, 15) is 9.90 Å². The number of phenolic OH excluding ortho intramolecular Hbond substituents is 1. The van der Waals surface area contributed by atoms with Gasteiger partial charge in [-0.05, 0) is 67.9 Å². The first-order valence-corrected chi connectivity index (χ1v) is 8.94. The van der Waals surface area contributed by atoms with E-state index in [0.29, 0.717) is 21.9 Å². The van der Waals surface area contributed by atoms with Crippen molar-refractivity contribution in [2.24, 2.45) is 5.10 Å². The Kier molecular flexibility index (Phi) is 5.70. The molecule has 0 unspecified atom stereocenters. The van der Waals surface area contributed by atoms with Gasteiger partial charge in [-0.1, -0.05) is 11.6 Å². The van der Waals surface area contributed by atoms with E-state index in [0.717, 1.165) is 17.1 Å². The van der Waals surface area contributed by atoms with Gasteiger partial charge < -0.3 is 14.4 Å². The van der Waals surface area contributed by atoms with Crippen molar-refractivity contribution < 1.29 is 14.6 Å². The van der Waals surface area contributed by atoms with Crippen LogP contribution >= 0.6 is 11.6 Å². The Morgan fingerprint density at radius 2 is 1.86 bits per heavy atom. The molecular weight excluding hydrogens is 378 g/mol. The van der Waals surface area contributed by atoms with Gasteiger partial charge in [0.15, 0.2) is 11.5 Å². The van der Waals surface area contributed by atoms with Crippen molar-refractivity contribution in [1.29, 1.82) is 0 Å². The van der Waals surface area contributed by atoms with E-state index in [1.54, 1.807) is 24.3 Å². The van der Waals surface area contributed by atoms with E-state index in [4.69, 9.17) is 16.3 Å². The molecule has 0 aliphatic rings. The molecule has 0 saturated heterocycles. The summed E-state index contributed by atoms with van der Waals surface area (Å²) in [5.74, 6) is -0.0623. The molecular formula is C21H20ClN3O3. The quantitative estimate of drug-likeness (QED) is 0.499. The van der Waals surface area contributed by atoms with Gasteiger partial charge in [-0.2, -0.15) is 5.10 Å². The molecule has 7 heteroatoms. The number of halogens is 1. The number of aromatic hydroxyl groups is 1. The number of ether oxygens (including phenoxy) is 1. The minimum absolute atomic E-state index is 0.0312. The Labute approximate surface area is 168 Å². The second-order valence-corrected chi connectivity index (χ2v) is 6.65. The molecule has 0 saturated carbocycles. The summed E-state index contributed by atoms with van der Waals surface area (Å²) < 4.78 is 7.10. The lowest BCUT2D eigenvalue weighted by Gasteiger charge is -2.11. The number of amides is 1. The second kappa shape index (κ2) is 8.19. The topological polar surface area (TPSA) is 75.8 Å². The Bertz CT molecular complexity index is 1040. The summed E-state index contributed by atoms with van der Waals surface area (Å²) in [5.41, 5.74) is 6.50. The van der Waals surface area contributed by atoms with Gasteiger partial charge in [0.05, 0.1) is 23.9 Å². The third-order valence-electron chi connectivity index (χ3n) is 4.31. The van der Waals surface area contributed by atoms with Crippen LogP contribution in [0.25, 0.3) is 5.69 Å². The highest BCUT2D eigenvalue weighted by Crippen LogP contribution is 2.26. The minimum Gasteiger partial charge on any atom is -0.504 e. The zero-order valence-corrected chi connectivity index (χ0v) is 16.5. The van der Waals surface area contributed by atoms with Crippen LogP contribution in [0.3, 0.4) is 0 Å². The van der Waals surface area contributed by atoms with Crippen LogP contribution in [0.15, 0.2) is 53.6 Å². The van der Waals surface area contributed by atoms with Crippen LogP contribution in [0, 0.1) is 13.8 Å². The average molecular weight is 398 g/mol. The predicted molar refractivity (Wildman–Crippen MR) is 110 cm³/mol. The molecule has 144 valence electrons. The zero-order chi connectivity index (χ0) is 20.3. The fourth-order valence-corrected chi connectivity index (χ4v) is 3.16. The lowest BCUT2D eigenvalue weighted by molar-refractivity contribution is 0.0955. The van der Waals surface area contributed by atoms with E-state index in [1.807, 2.05) is 32.0 Å². The number of hydrogen-bond acceptors (Lipinski definition) is 4. The number of phenols is 1. The number of nitrogens with zero attached hydrogens (tertiary/aromatic N) is 2. The average Bonchev–Trinajstić information content (AvgIpc) is 3.01. The van der Waals surface area contributed by atoms with Crippen molar-refractivity contribution in [2.45, 2.75) is 13.8 Å². The molecule has 0 fully saturated rings. The molecule has 1 heterocycles. The van der Waals surface area contributed by atoms with Crippen LogP contribution in [0.1, 0.15) is 27.3 Å². The molecule has 0 aliphatic heterocycles. The lowest BCUT2D eigenvalue weighted by Crippen LogP contribution is -2.18. The van der Waals surface area contributed by atoms with Crippen LogP contribution < -0.4 is 10.2 Å².